The minimum absolute atomic E-state index is 0.0742. The number of sulfonamides is 1. The minimum atomic E-state index is -3.50. The normalized spacial score (nSPS) is 24.3. The van der Waals surface area contributed by atoms with Gasteiger partial charge in [-0.2, -0.15) is 4.31 Å². The predicted octanol–water partition coefficient (Wildman–Crippen LogP) is 2.50. The van der Waals surface area contributed by atoms with Gasteiger partial charge in [-0.3, -0.25) is 4.79 Å². The van der Waals surface area contributed by atoms with Gasteiger partial charge in [-0.15, -0.1) is 0 Å². The van der Waals surface area contributed by atoms with Gasteiger partial charge in [0.1, 0.15) is 0 Å². The Balaban J connectivity index is 1.56. The van der Waals surface area contributed by atoms with Crippen molar-refractivity contribution < 1.29 is 13.2 Å². The van der Waals surface area contributed by atoms with E-state index in [2.05, 4.69) is 0 Å². The van der Waals surface area contributed by atoms with E-state index in [1.54, 1.807) is 35.2 Å². The summed E-state index contributed by atoms with van der Waals surface area (Å²) >= 11 is 0. The van der Waals surface area contributed by atoms with Gasteiger partial charge in [-0.1, -0.05) is 36.4 Å². The largest absolute Gasteiger partial charge is 0.312 e. The highest BCUT2D eigenvalue weighted by atomic mass is 32.2. The molecule has 0 radical (unpaired) electrons. The lowest BCUT2D eigenvalue weighted by molar-refractivity contribution is -0.117. The summed E-state index contributed by atoms with van der Waals surface area (Å²) in [5.74, 6) is 0.0742. The van der Waals surface area contributed by atoms with Crippen LogP contribution in [0.4, 0.5) is 5.69 Å². The van der Waals surface area contributed by atoms with Crippen LogP contribution in [-0.2, 0) is 14.8 Å². The molecular formula is C19H20N2O3S. The summed E-state index contributed by atoms with van der Waals surface area (Å²) in [6, 6.07) is 18.1. The molecule has 2 heterocycles. The van der Waals surface area contributed by atoms with Crippen LogP contribution in [0.5, 0.6) is 0 Å². The predicted molar refractivity (Wildman–Crippen MR) is 95.7 cm³/mol. The zero-order valence-electron chi connectivity index (χ0n) is 13.8. The van der Waals surface area contributed by atoms with Gasteiger partial charge in [-0.25, -0.2) is 8.42 Å². The smallest absolute Gasteiger partial charge is 0.243 e. The molecule has 5 nitrogen and oxygen atoms in total. The van der Waals surface area contributed by atoms with E-state index < -0.39 is 10.0 Å². The maximum absolute atomic E-state index is 12.8. The molecule has 2 aromatic carbocycles. The third-order valence-corrected chi connectivity index (χ3v) is 7.03. The number of carbonyl (C=O) groups excluding carboxylic acids is 1. The molecule has 0 aliphatic carbocycles. The Labute approximate surface area is 147 Å². The molecule has 4 rings (SSSR count). The molecule has 0 saturated carbocycles. The highest BCUT2D eigenvalue weighted by Gasteiger charge is 2.50. The van der Waals surface area contributed by atoms with Gasteiger partial charge in [0, 0.05) is 37.2 Å². The third-order valence-electron chi connectivity index (χ3n) is 5.17. The molecule has 25 heavy (non-hydrogen) atoms. The number of amides is 1. The lowest BCUT2D eigenvalue weighted by Gasteiger charge is -2.24. The second kappa shape index (κ2) is 5.97. The fraction of sp³-hybridized carbons (Fsp3) is 0.316. The second-order valence-electron chi connectivity index (χ2n) is 6.89. The average Bonchev–Trinajstić information content (AvgIpc) is 3.20. The van der Waals surface area contributed by atoms with Gasteiger partial charge in [-0.05, 0) is 30.7 Å². The molecular weight excluding hydrogens is 336 g/mol. The van der Waals surface area contributed by atoms with Crippen molar-refractivity contribution in [1.82, 2.24) is 4.31 Å². The molecule has 130 valence electrons. The number of carbonyl (C=O) groups is 1. The number of rotatable bonds is 3. The number of hydrogen-bond acceptors (Lipinski definition) is 3. The molecule has 0 bridgehead atoms. The minimum Gasteiger partial charge on any atom is -0.312 e. The summed E-state index contributed by atoms with van der Waals surface area (Å²) in [4.78, 5) is 14.6. The standard InChI is InChI=1S/C19H20N2O3S/c22-18-13-19(15-21(18)16-7-3-1-4-8-16)11-12-20(14-19)25(23,24)17-9-5-2-6-10-17/h1-10H,11-15H2. The van der Waals surface area contributed by atoms with Crippen molar-refractivity contribution in [3.8, 4) is 0 Å². The van der Waals surface area contributed by atoms with Crippen LogP contribution < -0.4 is 4.90 Å². The van der Waals surface area contributed by atoms with Crippen LogP contribution in [0.2, 0.25) is 0 Å². The zero-order chi connectivity index (χ0) is 17.5. The molecule has 2 saturated heterocycles. The first kappa shape index (κ1) is 16.3. The lowest BCUT2D eigenvalue weighted by atomic mass is 9.86. The van der Waals surface area contributed by atoms with E-state index in [9.17, 15) is 13.2 Å². The summed E-state index contributed by atoms with van der Waals surface area (Å²) in [6.07, 6.45) is 1.12. The zero-order valence-corrected chi connectivity index (χ0v) is 14.7. The molecule has 2 aromatic rings. The van der Waals surface area contributed by atoms with E-state index in [4.69, 9.17) is 0 Å². The first-order chi connectivity index (χ1) is 12.0. The van der Waals surface area contributed by atoms with Crippen LogP contribution in [0.3, 0.4) is 0 Å². The fourth-order valence-corrected chi connectivity index (χ4v) is 5.43. The number of nitrogens with zero attached hydrogens (tertiary/aromatic N) is 2. The van der Waals surface area contributed by atoms with Crippen molar-refractivity contribution in [3.63, 3.8) is 0 Å². The molecule has 2 fully saturated rings. The summed E-state index contributed by atoms with van der Waals surface area (Å²) < 4.78 is 27.2. The van der Waals surface area contributed by atoms with Gasteiger partial charge >= 0.3 is 0 Å². The van der Waals surface area contributed by atoms with Crippen LogP contribution in [0.1, 0.15) is 12.8 Å². The van der Waals surface area contributed by atoms with Crippen LogP contribution in [0.25, 0.3) is 0 Å². The quantitative estimate of drug-likeness (QED) is 0.849. The van der Waals surface area contributed by atoms with Crippen LogP contribution in [0, 0.1) is 5.41 Å². The van der Waals surface area contributed by atoms with Gasteiger partial charge < -0.3 is 4.90 Å². The van der Waals surface area contributed by atoms with Crippen molar-refractivity contribution in [2.75, 3.05) is 24.5 Å². The number of para-hydroxylation sites is 1. The van der Waals surface area contributed by atoms with Crippen LogP contribution in [0.15, 0.2) is 65.6 Å². The highest BCUT2D eigenvalue weighted by molar-refractivity contribution is 7.89. The molecule has 6 heteroatoms. The molecule has 1 unspecified atom stereocenters. The van der Waals surface area contributed by atoms with E-state index in [1.807, 2.05) is 30.3 Å². The molecule has 1 spiro atoms. The summed E-state index contributed by atoms with van der Waals surface area (Å²) in [5, 5.41) is 0. The number of benzene rings is 2. The van der Waals surface area contributed by atoms with E-state index >= 15 is 0 Å². The second-order valence-corrected chi connectivity index (χ2v) is 8.83. The first-order valence-corrected chi connectivity index (χ1v) is 9.85. The third kappa shape index (κ3) is 2.85. The Kier molecular flexibility index (Phi) is 3.89. The van der Waals surface area contributed by atoms with Crippen molar-refractivity contribution in [1.29, 1.82) is 0 Å². The fourth-order valence-electron chi connectivity index (χ4n) is 3.85. The Morgan fingerprint density at radius 2 is 1.52 bits per heavy atom. The number of hydrogen-bond donors (Lipinski definition) is 0. The maximum atomic E-state index is 12.8. The molecule has 0 aromatic heterocycles. The Hall–Kier alpha value is -2.18. The Morgan fingerprint density at radius 1 is 0.880 bits per heavy atom. The average molecular weight is 356 g/mol. The summed E-state index contributed by atoms with van der Waals surface area (Å²) in [5.41, 5.74) is 0.600. The highest BCUT2D eigenvalue weighted by Crippen LogP contribution is 2.43. The van der Waals surface area contributed by atoms with Crippen molar-refractivity contribution in [2.45, 2.75) is 17.7 Å². The Bertz CT molecular complexity index is 883. The Morgan fingerprint density at radius 3 is 2.20 bits per heavy atom. The maximum Gasteiger partial charge on any atom is 0.243 e. The summed E-state index contributed by atoms with van der Waals surface area (Å²) in [7, 11) is -3.50. The molecule has 1 atom stereocenters. The van der Waals surface area contributed by atoms with Gasteiger partial charge in [0.25, 0.3) is 0 Å². The molecule has 0 N–H and O–H groups in total. The van der Waals surface area contributed by atoms with Crippen LogP contribution in [-0.4, -0.2) is 38.3 Å². The number of anilines is 1. The van der Waals surface area contributed by atoms with Crippen molar-refractivity contribution in [3.05, 3.63) is 60.7 Å². The van der Waals surface area contributed by atoms with E-state index in [1.165, 1.54) is 4.31 Å². The van der Waals surface area contributed by atoms with Gasteiger partial charge in [0.05, 0.1) is 4.90 Å². The first-order valence-electron chi connectivity index (χ1n) is 8.41. The molecule has 1 amide bonds. The van der Waals surface area contributed by atoms with E-state index in [0.717, 1.165) is 5.69 Å². The SMILES string of the molecule is O=C1CC2(CCN(S(=O)(=O)c3ccccc3)C2)CN1c1ccccc1. The lowest BCUT2D eigenvalue weighted by Crippen LogP contribution is -2.34. The van der Waals surface area contributed by atoms with Crippen molar-refractivity contribution >= 4 is 21.6 Å². The van der Waals surface area contributed by atoms with Crippen LogP contribution >= 0.6 is 0 Å². The van der Waals surface area contributed by atoms with E-state index in [0.29, 0.717) is 37.4 Å². The topological polar surface area (TPSA) is 57.7 Å². The monoisotopic (exact) mass is 356 g/mol. The molecule has 2 aliphatic rings. The summed E-state index contributed by atoms with van der Waals surface area (Å²) in [6.45, 7) is 1.45. The molecule has 2 aliphatic heterocycles. The van der Waals surface area contributed by atoms with Gasteiger partial charge in [0.2, 0.25) is 15.9 Å². The van der Waals surface area contributed by atoms with E-state index in [-0.39, 0.29) is 11.3 Å². The van der Waals surface area contributed by atoms with Gasteiger partial charge in [0.15, 0.2) is 0 Å². The van der Waals surface area contributed by atoms with Crippen molar-refractivity contribution in [2.24, 2.45) is 5.41 Å².